The lowest BCUT2D eigenvalue weighted by atomic mass is 9.93. The highest BCUT2D eigenvalue weighted by Gasteiger charge is 2.20. The Balaban J connectivity index is 1.65. The van der Waals surface area contributed by atoms with Gasteiger partial charge < -0.3 is 5.32 Å². The van der Waals surface area contributed by atoms with Gasteiger partial charge in [0.1, 0.15) is 5.84 Å². The fourth-order valence-corrected chi connectivity index (χ4v) is 4.41. The van der Waals surface area contributed by atoms with Crippen LogP contribution in [-0.2, 0) is 19.3 Å². The third-order valence-corrected chi connectivity index (χ3v) is 6.42. The molecular formula is C29H32N2. The van der Waals surface area contributed by atoms with E-state index in [1.54, 1.807) is 0 Å². The van der Waals surface area contributed by atoms with Gasteiger partial charge in [-0.2, -0.15) is 0 Å². The summed E-state index contributed by atoms with van der Waals surface area (Å²) in [5, 5.41) is 3.48. The second kappa shape index (κ2) is 8.93. The van der Waals surface area contributed by atoms with Gasteiger partial charge in [0.15, 0.2) is 0 Å². The van der Waals surface area contributed by atoms with Crippen LogP contribution in [0, 0.1) is 20.8 Å². The maximum absolute atomic E-state index is 5.06. The SMILES string of the molecule is C=C1NC(c2cc(C)c(C)c(C)c2)=Nc2cc(CCCc3ccccc3)cc(CC)c21. The van der Waals surface area contributed by atoms with Gasteiger partial charge in [-0.25, -0.2) is 4.99 Å². The molecule has 0 amide bonds. The van der Waals surface area contributed by atoms with Gasteiger partial charge in [-0.1, -0.05) is 49.9 Å². The molecule has 1 N–H and O–H groups in total. The molecule has 1 aliphatic rings. The van der Waals surface area contributed by atoms with Gasteiger partial charge in [0.05, 0.1) is 5.69 Å². The molecule has 0 unspecified atom stereocenters. The molecule has 2 nitrogen and oxygen atoms in total. The van der Waals surface area contributed by atoms with Crippen LogP contribution in [0.5, 0.6) is 0 Å². The quantitative estimate of drug-likeness (QED) is 0.466. The van der Waals surface area contributed by atoms with Crippen molar-refractivity contribution in [2.24, 2.45) is 4.99 Å². The molecule has 0 fully saturated rings. The molecule has 3 aromatic rings. The summed E-state index contributed by atoms with van der Waals surface area (Å²) in [4.78, 5) is 5.06. The summed E-state index contributed by atoms with van der Waals surface area (Å²) in [5.74, 6) is 0.896. The minimum atomic E-state index is 0.896. The number of hydrogen-bond acceptors (Lipinski definition) is 2. The third kappa shape index (κ3) is 4.49. The number of rotatable bonds is 6. The minimum Gasteiger partial charge on any atom is -0.340 e. The van der Waals surface area contributed by atoms with Crippen LogP contribution >= 0.6 is 0 Å². The summed E-state index contributed by atoms with van der Waals surface area (Å²) in [5.41, 5.74) is 12.3. The smallest absolute Gasteiger partial charge is 0.138 e. The number of fused-ring (bicyclic) bond motifs is 1. The van der Waals surface area contributed by atoms with Crippen LogP contribution in [0.25, 0.3) is 5.70 Å². The summed E-state index contributed by atoms with van der Waals surface area (Å²) < 4.78 is 0. The molecule has 1 heterocycles. The molecule has 0 spiro atoms. The molecule has 0 saturated heterocycles. The number of amidine groups is 1. The van der Waals surface area contributed by atoms with Gasteiger partial charge in [-0.3, -0.25) is 0 Å². The van der Waals surface area contributed by atoms with E-state index >= 15 is 0 Å². The van der Waals surface area contributed by atoms with E-state index in [2.05, 4.69) is 94.2 Å². The largest absolute Gasteiger partial charge is 0.340 e. The normalized spacial score (nSPS) is 12.9. The molecular weight excluding hydrogens is 376 g/mol. The molecule has 0 aliphatic carbocycles. The Morgan fingerprint density at radius 3 is 2.23 bits per heavy atom. The van der Waals surface area contributed by atoms with Crippen molar-refractivity contribution in [3.63, 3.8) is 0 Å². The molecule has 0 atom stereocenters. The van der Waals surface area contributed by atoms with Crippen molar-refractivity contribution in [2.75, 3.05) is 0 Å². The molecule has 0 radical (unpaired) electrons. The lowest BCUT2D eigenvalue weighted by Crippen LogP contribution is -2.26. The van der Waals surface area contributed by atoms with E-state index < -0.39 is 0 Å². The number of aryl methyl sites for hydroxylation is 5. The molecule has 31 heavy (non-hydrogen) atoms. The molecule has 2 heteroatoms. The first kappa shape index (κ1) is 21.1. The van der Waals surface area contributed by atoms with Crippen molar-refractivity contribution in [3.05, 3.63) is 106 Å². The molecule has 0 bridgehead atoms. The highest BCUT2D eigenvalue weighted by Crippen LogP contribution is 2.34. The molecule has 0 saturated carbocycles. The van der Waals surface area contributed by atoms with E-state index in [0.717, 1.165) is 48.5 Å². The average molecular weight is 409 g/mol. The first-order valence-corrected chi connectivity index (χ1v) is 11.3. The van der Waals surface area contributed by atoms with Crippen molar-refractivity contribution in [3.8, 4) is 0 Å². The second-order valence-corrected chi connectivity index (χ2v) is 8.64. The molecule has 1 aliphatic heterocycles. The fraction of sp³-hybridized carbons (Fsp3) is 0.276. The van der Waals surface area contributed by atoms with Crippen molar-refractivity contribution in [2.45, 2.75) is 53.4 Å². The maximum Gasteiger partial charge on any atom is 0.138 e. The van der Waals surface area contributed by atoms with Crippen molar-refractivity contribution >= 4 is 17.2 Å². The monoisotopic (exact) mass is 408 g/mol. The number of nitrogens with one attached hydrogen (secondary N) is 1. The van der Waals surface area contributed by atoms with Gasteiger partial charge in [-0.15, -0.1) is 0 Å². The topological polar surface area (TPSA) is 24.4 Å². The summed E-state index contributed by atoms with van der Waals surface area (Å²) >= 11 is 0. The maximum atomic E-state index is 5.06. The molecule has 3 aromatic carbocycles. The Labute approximate surface area is 186 Å². The van der Waals surface area contributed by atoms with Crippen LogP contribution in [0.4, 0.5) is 5.69 Å². The molecule has 158 valence electrons. The standard InChI is InChI=1S/C29H32N2/c1-6-25-17-24(14-10-13-23-11-8-7-9-12-23)18-27-28(25)22(5)30-29(31-27)26-15-19(2)21(4)20(3)16-26/h7-9,11-12,15-18H,5-6,10,13-14H2,1-4H3,(H,30,31). The Morgan fingerprint density at radius 1 is 0.871 bits per heavy atom. The van der Waals surface area contributed by atoms with Crippen LogP contribution in [0.2, 0.25) is 0 Å². The average Bonchev–Trinajstić information content (AvgIpc) is 2.77. The van der Waals surface area contributed by atoms with E-state index in [1.165, 1.54) is 38.9 Å². The number of aliphatic imine (C=N–C) groups is 1. The highest BCUT2D eigenvalue weighted by molar-refractivity contribution is 6.08. The van der Waals surface area contributed by atoms with Gasteiger partial charge in [-0.05, 0) is 98.0 Å². The van der Waals surface area contributed by atoms with Gasteiger partial charge in [0.2, 0.25) is 0 Å². The van der Waals surface area contributed by atoms with Crippen molar-refractivity contribution in [1.82, 2.24) is 5.32 Å². The van der Waals surface area contributed by atoms with E-state index in [0.29, 0.717) is 0 Å². The summed E-state index contributed by atoms with van der Waals surface area (Å²) in [6, 6.07) is 19.8. The van der Waals surface area contributed by atoms with Crippen LogP contribution in [-0.4, -0.2) is 5.84 Å². The molecule has 0 aromatic heterocycles. The summed E-state index contributed by atoms with van der Waals surface area (Å²) in [6.45, 7) is 13.1. The number of hydrogen-bond donors (Lipinski definition) is 1. The number of nitrogens with zero attached hydrogens (tertiary/aromatic N) is 1. The Bertz CT molecular complexity index is 1130. The predicted octanol–water partition coefficient (Wildman–Crippen LogP) is 7.00. The lowest BCUT2D eigenvalue weighted by molar-refractivity contribution is 0.818. The third-order valence-electron chi connectivity index (χ3n) is 6.42. The first-order chi connectivity index (χ1) is 15.0. The molecule has 4 rings (SSSR count). The Hall–Kier alpha value is -3.13. The Kier molecular flexibility index (Phi) is 6.08. The van der Waals surface area contributed by atoms with E-state index in [9.17, 15) is 0 Å². The van der Waals surface area contributed by atoms with Crippen molar-refractivity contribution in [1.29, 1.82) is 0 Å². The van der Waals surface area contributed by atoms with Crippen LogP contribution < -0.4 is 5.32 Å². The first-order valence-electron chi connectivity index (χ1n) is 11.3. The zero-order chi connectivity index (χ0) is 22.0. The zero-order valence-electron chi connectivity index (χ0n) is 19.2. The van der Waals surface area contributed by atoms with Crippen molar-refractivity contribution < 1.29 is 0 Å². The lowest BCUT2D eigenvalue weighted by Gasteiger charge is -2.24. The van der Waals surface area contributed by atoms with E-state index in [1.807, 2.05) is 0 Å². The van der Waals surface area contributed by atoms with Crippen LogP contribution in [0.3, 0.4) is 0 Å². The highest BCUT2D eigenvalue weighted by atomic mass is 15.0. The predicted molar refractivity (Wildman–Crippen MR) is 133 cm³/mol. The van der Waals surface area contributed by atoms with Crippen LogP contribution in [0.1, 0.15) is 57.9 Å². The number of benzene rings is 3. The van der Waals surface area contributed by atoms with E-state index in [-0.39, 0.29) is 0 Å². The second-order valence-electron chi connectivity index (χ2n) is 8.64. The Morgan fingerprint density at radius 2 is 1.55 bits per heavy atom. The minimum absolute atomic E-state index is 0.896. The van der Waals surface area contributed by atoms with Gasteiger partial charge in [0, 0.05) is 16.8 Å². The van der Waals surface area contributed by atoms with Crippen LogP contribution in [0.15, 0.2) is 66.2 Å². The zero-order valence-corrected chi connectivity index (χ0v) is 19.2. The van der Waals surface area contributed by atoms with Gasteiger partial charge in [0.25, 0.3) is 0 Å². The summed E-state index contributed by atoms with van der Waals surface area (Å²) in [7, 11) is 0. The summed E-state index contributed by atoms with van der Waals surface area (Å²) in [6.07, 6.45) is 4.27. The van der Waals surface area contributed by atoms with Gasteiger partial charge >= 0.3 is 0 Å². The van der Waals surface area contributed by atoms with E-state index in [4.69, 9.17) is 4.99 Å². The fourth-order valence-electron chi connectivity index (χ4n) is 4.41.